The summed E-state index contributed by atoms with van der Waals surface area (Å²) >= 11 is 6.04. The molecule has 3 aliphatic rings. The van der Waals surface area contributed by atoms with Crippen molar-refractivity contribution in [2.24, 2.45) is 16.2 Å². The van der Waals surface area contributed by atoms with Crippen molar-refractivity contribution in [1.82, 2.24) is 0 Å². The number of anilines is 4. The number of rotatable bonds is 32. The van der Waals surface area contributed by atoms with Gasteiger partial charge in [0, 0.05) is 58.4 Å². The van der Waals surface area contributed by atoms with E-state index in [9.17, 15) is 23.6 Å². The van der Waals surface area contributed by atoms with E-state index in [2.05, 4.69) is 162 Å². The van der Waals surface area contributed by atoms with Gasteiger partial charge < -0.3 is 55.3 Å². The number of carbonyl (C=O) groups excluding carboxylic acids is 4. The number of carbonyl (C=O) groups is 4. The lowest BCUT2D eigenvalue weighted by atomic mass is 9.79. The van der Waals surface area contributed by atoms with Gasteiger partial charge in [-0.05, 0) is 314 Å². The van der Waals surface area contributed by atoms with Crippen LogP contribution in [-0.4, -0.2) is 73.6 Å². The largest absolute Gasteiger partial charge is 0.497 e. The average molecular weight is 1790 g/mol. The minimum Gasteiger partial charge on any atom is -0.497 e. The molecule has 0 saturated heterocycles. The maximum atomic E-state index is 15.0. The molecule has 3 aliphatic carbocycles. The molecule has 0 unspecified atom stereocenters. The third-order valence-corrected chi connectivity index (χ3v) is 25.5. The SMILES string of the molecule is CC[C@@H](CC(=O)OC)c1cccc(N)c1.CC[C@@H](CC(=O)OC)c1cccc(NCc2ccc(-c3cc(OC)ccc3F)c(C3=CCCC3(C)C)c2)c1.CC[C@H](CC(=O)OC)c1cccc(N)c1.CC[C@H](CC(=O)OC)c1cccc(NCc2ccc(-c3cc(OC)ccc3F)c(C3=CCCC3(C)C)c2)c1.COc1ccc(F)c(-c2ccc(CCl)cc2C2=CCCC2(C)C)c1. The molecule has 15 nitrogen and oxygen atoms in total. The highest BCUT2D eigenvalue weighted by Crippen LogP contribution is 2.51. The predicted molar refractivity (Wildman–Crippen MR) is 526 cm³/mol. The van der Waals surface area contributed by atoms with Gasteiger partial charge in [0.05, 0.1) is 75.5 Å². The van der Waals surface area contributed by atoms with Crippen LogP contribution >= 0.6 is 11.6 Å². The number of nitrogen functional groups attached to an aromatic ring is 2. The highest BCUT2D eigenvalue weighted by molar-refractivity contribution is 6.17. The van der Waals surface area contributed by atoms with Crippen LogP contribution in [0.5, 0.6) is 17.2 Å². The predicted octanol–water partition coefficient (Wildman–Crippen LogP) is 27.8. The molecule has 0 heterocycles. The van der Waals surface area contributed by atoms with Crippen molar-refractivity contribution >= 4 is 74.9 Å². The van der Waals surface area contributed by atoms with Crippen LogP contribution < -0.4 is 36.3 Å². The summed E-state index contributed by atoms with van der Waals surface area (Å²) < 4.78 is 79.8. The fourth-order valence-electron chi connectivity index (χ4n) is 17.3. The topological polar surface area (TPSA) is 209 Å². The molecule has 10 aromatic carbocycles. The summed E-state index contributed by atoms with van der Waals surface area (Å²) in [5.41, 5.74) is 34.0. The normalized spacial score (nSPS) is 14.6. The molecule has 0 bridgehead atoms. The zero-order valence-electron chi connectivity index (χ0n) is 78.8. The summed E-state index contributed by atoms with van der Waals surface area (Å²) in [7, 11) is 10.5. The Balaban J connectivity index is 0.000000193. The van der Waals surface area contributed by atoms with Gasteiger partial charge in [-0.1, -0.05) is 172 Å². The van der Waals surface area contributed by atoms with Crippen molar-refractivity contribution in [2.45, 2.75) is 202 Å². The molecular weight excluding hydrogens is 1660 g/mol. The van der Waals surface area contributed by atoms with Gasteiger partial charge in [-0.25, -0.2) is 13.2 Å². The fraction of sp³-hybridized carbons (Fsp3) is 0.369. The summed E-state index contributed by atoms with van der Waals surface area (Å²) in [6.45, 7) is 23.0. The molecule has 0 radical (unpaired) electrons. The molecular formula is C111H132ClF3N4O11. The standard InChI is InChI=1S/2C33H38FNO3.C21H22ClFO.2C12H17NO2/c2*1-6-23(19-32(36)38-5)24-9-7-10-25(18-24)35-21-22-12-14-27(29-20-26(37-4)13-15-31(29)34)28(17-22)30-11-8-16-33(30,2)3;1-21(2)10-4-5-19(21)17-11-14(13-22)6-8-16(17)18-12-15(24-3)7-9-20(18)23;2*1-3-9(8-12(14)15-2)10-5-4-6-11(13)7-10/h2*7,9-15,17-18,20,23,35H,6,8,16,19,21H2,1-5H3;5-9,11-12H,4,10,13H2,1-3H3;2*4-7,9H,3,8,13H2,1-2H3/t2*23-;;2*9-/m10.10/s1. The van der Waals surface area contributed by atoms with E-state index in [1.165, 1.54) is 63.4 Å². The quantitative estimate of drug-likeness (QED) is 0.0134. The van der Waals surface area contributed by atoms with E-state index in [4.69, 9.17) is 46.8 Å². The molecule has 6 N–H and O–H groups in total. The summed E-state index contributed by atoms with van der Waals surface area (Å²) in [6.07, 6.45) is 18.3. The van der Waals surface area contributed by atoms with E-state index in [1.54, 1.807) is 57.7 Å². The van der Waals surface area contributed by atoms with Crippen molar-refractivity contribution in [3.63, 3.8) is 0 Å². The van der Waals surface area contributed by atoms with Crippen LogP contribution in [0.25, 0.3) is 50.1 Å². The monoisotopic (exact) mass is 1790 g/mol. The highest BCUT2D eigenvalue weighted by Gasteiger charge is 2.34. The molecule has 0 spiro atoms. The summed E-state index contributed by atoms with van der Waals surface area (Å²) in [4.78, 5) is 46.1. The number of allylic oxidation sites excluding steroid dienone is 6. The van der Waals surface area contributed by atoms with Gasteiger partial charge >= 0.3 is 23.9 Å². The molecule has 0 aromatic heterocycles. The third-order valence-electron chi connectivity index (χ3n) is 25.2. The second kappa shape index (κ2) is 48.6. The number of alkyl halides is 1. The third kappa shape index (κ3) is 27.8. The summed E-state index contributed by atoms with van der Waals surface area (Å²) in [5.74, 6) is 1.48. The number of halogens is 4. The van der Waals surface area contributed by atoms with Crippen LogP contribution in [0, 0.1) is 33.7 Å². The molecule has 10 aromatic rings. The number of esters is 4. The fourth-order valence-corrected chi connectivity index (χ4v) is 17.5. The maximum absolute atomic E-state index is 15.0. The first kappa shape index (κ1) is 102. The van der Waals surface area contributed by atoms with E-state index in [0.717, 1.165) is 159 Å². The molecule has 19 heteroatoms. The first-order valence-electron chi connectivity index (χ1n) is 45.1. The van der Waals surface area contributed by atoms with Gasteiger partial charge in [-0.15, -0.1) is 11.6 Å². The summed E-state index contributed by atoms with van der Waals surface area (Å²) in [5, 5.41) is 7.09. The van der Waals surface area contributed by atoms with Gasteiger partial charge in [0.25, 0.3) is 0 Å². The van der Waals surface area contributed by atoms with Crippen LogP contribution in [0.1, 0.15) is 238 Å². The molecule has 0 fully saturated rings. The van der Waals surface area contributed by atoms with E-state index in [-0.39, 0.29) is 81.2 Å². The smallest absolute Gasteiger partial charge is 0.306 e. The minimum absolute atomic E-state index is 0.0132. The molecule has 13 rings (SSSR count). The van der Waals surface area contributed by atoms with Crippen molar-refractivity contribution in [1.29, 1.82) is 0 Å². The van der Waals surface area contributed by atoms with Gasteiger partial charge in [0.15, 0.2) is 0 Å². The number of nitrogens with two attached hydrogens (primary N) is 2. The van der Waals surface area contributed by atoms with Gasteiger partial charge in [0.2, 0.25) is 0 Å². The Hall–Kier alpha value is -12.0. The Morgan fingerprint density at radius 2 is 0.623 bits per heavy atom. The second-order valence-electron chi connectivity index (χ2n) is 35.3. The van der Waals surface area contributed by atoms with Crippen LogP contribution in [0.3, 0.4) is 0 Å². The van der Waals surface area contributed by atoms with Gasteiger partial charge in [-0.3, -0.25) is 19.2 Å². The number of benzene rings is 10. The molecule has 0 amide bonds. The summed E-state index contributed by atoms with van der Waals surface area (Å²) in [6, 6.07) is 65.0. The molecule has 0 aliphatic heterocycles. The van der Waals surface area contributed by atoms with Crippen LogP contribution in [0.2, 0.25) is 0 Å². The van der Waals surface area contributed by atoms with Crippen molar-refractivity contribution in [3.05, 3.63) is 298 Å². The number of ether oxygens (including phenoxy) is 7. The van der Waals surface area contributed by atoms with Crippen molar-refractivity contribution < 1.29 is 65.5 Å². The highest BCUT2D eigenvalue weighted by atomic mass is 35.5. The Morgan fingerprint density at radius 1 is 0.346 bits per heavy atom. The van der Waals surface area contributed by atoms with Crippen molar-refractivity contribution in [3.8, 4) is 50.6 Å². The van der Waals surface area contributed by atoms with E-state index >= 15 is 8.78 Å². The van der Waals surface area contributed by atoms with Crippen LogP contribution in [0.4, 0.5) is 35.9 Å². The lowest BCUT2D eigenvalue weighted by Crippen LogP contribution is -2.11. The van der Waals surface area contributed by atoms with E-state index in [0.29, 0.717) is 78.6 Å². The van der Waals surface area contributed by atoms with Crippen LogP contribution in [0.15, 0.2) is 224 Å². The Morgan fingerprint density at radius 3 is 0.877 bits per heavy atom. The number of hydrogen-bond donors (Lipinski definition) is 4. The maximum Gasteiger partial charge on any atom is 0.306 e. The number of methoxy groups -OCH3 is 7. The Labute approximate surface area is 774 Å². The lowest BCUT2D eigenvalue weighted by Gasteiger charge is -2.26. The number of nitrogens with one attached hydrogen (secondary N) is 2. The van der Waals surface area contributed by atoms with E-state index in [1.807, 2.05) is 97.1 Å². The number of hydrogen-bond acceptors (Lipinski definition) is 15. The molecule has 0 saturated carbocycles. The van der Waals surface area contributed by atoms with Gasteiger partial charge in [0.1, 0.15) is 34.7 Å². The van der Waals surface area contributed by atoms with Gasteiger partial charge in [-0.2, -0.15) is 0 Å². The molecule has 4 atom stereocenters. The van der Waals surface area contributed by atoms with Crippen molar-refractivity contribution in [2.75, 3.05) is 71.9 Å². The lowest BCUT2D eigenvalue weighted by molar-refractivity contribution is -0.142. The zero-order chi connectivity index (χ0) is 94.4. The first-order valence-corrected chi connectivity index (χ1v) is 45.6. The molecule has 690 valence electrons. The van der Waals surface area contributed by atoms with Crippen LogP contribution in [-0.2, 0) is 57.1 Å². The molecule has 130 heavy (non-hydrogen) atoms. The second-order valence-corrected chi connectivity index (χ2v) is 35.5. The minimum atomic E-state index is -0.261. The van der Waals surface area contributed by atoms with E-state index < -0.39 is 0 Å². The Bertz CT molecular complexity index is 5330. The Kier molecular flexibility index (Phi) is 38.0. The zero-order valence-corrected chi connectivity index (χ0v) is 79.6. The first-order chi connectivity index (χ1) is 62.3. The average Bonchev–Trinajstić information content (AvgIpc) is 1.43.